The van der Waals surface area contributed by atoms with E-state index in [0.29, 0.717) is 6.42 Å². The van der Waals surface area contributed by atoms with Gasteiger partial charge in [0.25, 0.3) is 0 Å². The second-order valence-electron chi connectivity index (χ2n) is 9.20. The molecule has 1 atom stereocenters. The summed E-state index contributed by atoms with van der Waals surface area (Å²) < 4.78 is 5.29. The van der Waals surface area contributed by atoms with Crippen molar-refractivity contribution in [3.05, 3.63) is 46.7 Å². The summed E-state index contributed by atoms with van der Waals surface area (Å²) in [5, 5.41) is 8.91. The summed E-state index contributed by atoms with van der Waals surface area (Å²) in [5.41, 5.74) is 1.04. The first-order valence-electron chi connectivity index (χ1n) is 11.7. The van der Waals surface area contributed by atoms with Gasteiger partial charge in [-0.1, -0.05) is 12.1 Å². The standard InChI is InChI=1S/C25H32N4O3S2/c1-18(30)26-22(16-21-7-4-14-34-21)23(31)29-13-10-25(17-29)8-11-28(12-9-25)24(33)27-19-5-3-6-20(15-19)32-2/h3-7,14-15,22H,8-13,16-17H2,1-2H3,(H,26,30)(H,27,33)/t22-/m0/s1. The lowest BCUT2D eigenvalue weighted by molar-refractivity contribution is -0.135. The molecule has 4 rings (SSSR count). The van der Waals surface area contributed by atoms with Crippen molar-refractivity contribution in [3.8, 4) is 5.75 Å². The molecule has 2 N–H and O–H groups in total. The SMILES string of the molecule is COc1cccc(NC(=S)N2CCC3(CCN(C(=O)[C@H](Cc4cccs4)NC(C)=O)C3)CC2)c1. The predicted molar refractivity (Wildman–Crippen MR) is 139 cm³/mol. The third-order valence-corrected chi connectivity index (χ3v) is 8.10. The second kappa shape index (κ2) is 10.7. The van der Waals surface area contributed by atoms with Gasteiger partial charge in [-0.25, -0.2) is 0 Å². The Morgan fingerprint density at radius 1 is 1.15 bits per heavy atom. The summed E-state index contributed by atoms with van der Waals surface area (Å²) in [6.07, 6.45) is 3.52. The Morgan fingerprint density at radius 3 is 2.53 bits per heavy atom. The molecule has 7 nitrogen and oxygen atoms in total. The van der Waals surface area contributed by atoms with Gasteiger partial charge in [0.15, 0.2) is 5.11 Å². The van der Waals surface area contributed by atoms with E-state index >= 15 is 0 Å². The van der Waals surface area contributed by atoms with Gasteiger partial charge in [0.2, 0.25) is 11.8 Å². The summed E-state index contributed by atoms with van der Waals surface area (Å²) in [6.45, 7) is 4.69. The van der Waals surface area contributed by atoms with Gasteiger partial charge in [0.1, 0.15) is 11.8 Å². The Hall–Kier alpha value is -2.65. The number of carbonyl (C=O) groups is 2. The van der Waals surface area contributed by atoms with Crippen LogP contribution in [0.2, 0.25) is 0 Å². The quantitative estimate of drug-likeness (QED) is 0.592. The molecule has 3 heterocycles. The first-order valence-corrected chi connectivity index (χ1v) is 12.9. The number of nitrogens with one attached hydrogen (secondary N) is 2. The minimum Gasteiger partial charge on any atom is -0.497 e. The maximum absolute atomic E-state index is 13.3. The summed E-state index contributed by atoms with van der Waals surface area (Å²) in [6, 6.07) is 11.2. The van der Waals surface area contributed by atoms with Crippen LogP contribution in [0.3, 0.4) is 0 Å². The van der Waals surface area contributed by atoms with Crippen molar-refractivity contribution in [2.24, 2.45) is 5.41 Å². The van der Waals surface area contributed by atoms with Gasteiger partial charge in [-0.3, -0.25) is 9.59 Å². The molecule has 2 saturated heterocycles. The zero-order chi connectivity index (χ0) is 24.1. The average molecular weight is 501 g/mol. The highest BCUT2D eigenvalue weighted by molar-refractivity contribution is 7.80. The van der Waals surface area contributed by atoms with Crippen LogP contribution < -0.4 is 15.4 Å². The molecule has 34 heavy (non-hydrogen) atoms. The summed E-state index contributed by atoms with van der Waals surface area (Å²) in [7, 11) is 1.65. The Morgan fingerprint density at radius 2 is 1.88 bits per heavy atom. The second-order valence-corrected chi connectivity index (χ2v) is 10.6. The fourth-order valence-electron chi connectivity index (χ4n) is 4.91. The van der Waals surface area contributed by atoms with Crippen LogP contribution in [0.15, 0.2) is 41.8 Å². The number of hydrogen-bond donors (Lipinski definition) is 2. The number of amides is 2. The maximum atomic E-state index is 13.3. The lowest BCUT2D eigenvalue weighted by atomic mass is 9.78. The molecule has 0 unspecified atom stereocenters. The van der Waals surface area contributed by atoms with E-state index in [4.69, 9.17) is 17.0 Å². The van der Waals surface area contributed by atoms with Crippen LogP contribution in [0.1, 0.15) is 31.1 Å². The first kappa shape index (κ1) is 24.5. The van der Waals surface area contributed by atoms with Crippen molar-refractivity contribution < 1.29 is 14.3 Å². The largest absolute Gasteiger partial charge is 0.497 e. The summed E-state index contributed by atoms with van der Waals surface area (Å²) >= 11 is 7.28. The fraction of sp³-hybridized carbons (Fsp3) is 0.480. The number of carbonyl (C=O) groups excluding carboxylic acids is 2. The monoisotopic (exact) mass is 500 g/mol. The van der Waals surface area contributed by atoms with Gasteiger partial charge in [0.05, 0.1) is 7.11 Å². The number of likely N-dealkylation sites (tertiary alicyclic amines) is 2. The molecule has 0 saturated carbocycles. The van der Waals surface area contributed by atoms with E-state index in [9.17, 15) is 9.59 Å². The van der Waals surface area contributed by atoms with E-state index in [1.54, 1.807) is 18.4 Å². The number of thiophene rings is 1. The highest BCUT2D eigenvalue weighted by Gasteiger charge is 2.43. The number of ether oxygens (including phenoxy) is 1. The molecule has 2 aromatic rings. The number of thiocarbonyl (C=S) groups is 1. The van der Waals surface area contributed by atoms with Crippen molar-refractivity contribution in [1.82, 2.24) is 15.1 Å². The Bertz CT molecular complexity index is 1020. The minimum atomic E-state index is -0.508. The average Bonchev–Trinajstić information content (AvgIpc) is 3.49. The third-order valence-electron chi connectivity index (χ3n) is 6.84. The minimum absolute atomic E-state index is 0.0260. The van der Waals surface area contributed by atoms with Crippen LogP contribution in [0.5, 0.6) is 5.75 Å². The van der Waals surface area contributed by atoms with E-state index in [2.05, 4.69) is 15.5 Å². The van der Waals surface area contributed by atoms with Crippen LogP contribution in [0.25, 0.3) is 0 Å². The molecule has 2 fully saturated rings. The molecule has 0 aliphatic carbocycles. The van der Waals surface area contributed by atoms with Crippen LogP contribution in [-0.4, -0.2) is 66.1 Å². The molecule has 1 aromatic heterocycles. The van der Waals surface area contributed by atoms with Gasteiger partial charge in [-0.2, -0.15) is 0 Å². The lowest BCUT2D eigenvalue weighted by Gasteiger charge is -2.40. The third kappa shape index (κ3) is 5.88. The molecule has 0 radical (unpaired) electrons. The Balaban J connectivity index is 1.32. The molecule has 1 spiro atoms. The highest BCUT2D eigenvalue weighted by Crippen LogP contribution is 2.40. The van der Waals surface area contributed by atoms with Crippen LogP contribution in [0, 0.1) is 5.41 Å². The van der Waals surface area contributed by atoms with E-state index in [-0.39, 0.29) is 17.2 Å². The Kier molecular flexibility index (Phi) is 7.73. The van der Waals surface area contributed by atoms with Gasteiger partial charge in [0, 0.05) is 56.2 Å². The van der Waals surface area contributed by atoms with Gasteiger partial charge < -0.3 is 25.2 Å². The fourth-order valence-corrected chi connectivity index (χ4v) is 5.97. The molecular weight excluding hydrogens is 468 g/mol. The summed E-state index contributed by atoms with van der Waals surface area (Å²) in [4.78, 5) is 30.3. The van der Waals surface area contributed by atoms with E-state index in [0.717, 1.165) is 66.9 Å². The number of nitrogens with zero attached hydrogens (tertiary/aromatic N) is 2. The van der Waals surface area contributed by atoms with Crippen molar-refractivity contribution in [1.29, 1.82) is 0 Å². The van der Waals surface area contributed by atoms with E-state index in [1.807, 2.05) is 46.7 Å². The number of piperidine rings is 1. The number of hydrogen-bond acceptors (Lipinski definition) is 5. The first-order chi connectivity index (χ1) is 16.4. The molecule has 0 bridgehead atoms. The van der Waals surface area contributed by atoms with E-state index < -0.39 is 6.04 Å². The number of anilines is 1. The predicted octanol–water partition coefficient (Wildman–Crippen LogP) is 3.52. The zero-order valence-corrected chi connectivity index (χ0v) is 21.3. The molecular formula is C25H32N4O3S2. The lowest BCUT2D eigenvalue weighted by Crippen LogP contribution is -2.50. The van der Waals surface area contributed by atoms with Gasteiger partial charge in [-0.05, 0) is 60.5 Å². The van der Waals surface area contributed by atoms with Crippen LogP contribution in [0.4, 0.5) is 5.69 Å². The van der Waals surface area contributed by atoms with Crippen molar-refractivity contribution in [3.63, 3.8) is 0 Å². The van der Waals surface area contributed by atoms with Gasteiger partial charge in [-0.15, -0.1) is 11.3 Å². The van der Waals surface area contributed by atoms with Crippen LogP contribution in [-0.2, 0) is 16.0 Å². The molecule has 2 aliphatic rings. The smallest absolute Gasteiger partial charge is 0.245 e. The number of methoxy groups -OCH3 is 1. The number of rotatable bonds is 6. The zero-order valence-electron chi connectivity index (χ0n) is 19.7. The maximum Gasteiger partial charge on any atom is 0.245 e. The van der Waals surface area contributed by atoms with Crippen molar-refractivity contribution in [2.75, 3.05) is 38.6 Å². The topological polar surface area (TPSA) is 73.9 Å². The molecule has 2 aliphatic heterocycles. The number of benzene rings is 1. The normalized spacial score (nSPS) is 17.9. The molecule has 9 heteroatoms. The molecule has 182 valence electrons. The molecule has 2 amide bonds. The van der Waals surface area contributed by atoms with Crippen LogP contribution >= 0.6 is 23.6 Å². The summed E-state index contributed by atoms with van der Waals surface area (Å²) in [5.74, 6) is 0.644. The molecule has 1 aromatic carbocycles. The van der Waals surface area contributed by atoms with E-state index in [1.165, 1.54) is 6.92 Å². The Labute approximate surface area is 210 Å². The highest BCUT2D eigenvalue weighted by atomic mass is 32.1. The van der Waals surface area contributed by atoms with Crippen molar-refractivity contribution in [2.45, 2.75) is 38.6 Å². The van der Waals surface area contributed by atoms with Crippen molar-refractivity contribution >= 4 is 46.2 Å². The van der Waals surface area contributed by atoms with Gasteiger partial charge >= 0.3 is 0 Å².